The molecule has 2 atom stereocenters. The number of rotatable bonds is 1. The van der Waals surface area contributed by atoms with E-state index < -0.39 is 29.1 Å². The van der Waals surface area contributed by atoms with E-state index in [0.29, 0.717) is 5.56 Å². The SMILES string of the molecule is CC1(c2ccccc2)[C@H](C#N)C(=O)NC(=O)[C@H]1C#N. The number of piperidine rings is 1. The Labute approximate surface area is 110 Å². The van der Waals surface area contributed by atoms with Crippen molar-refractivity contribution in [2.24, 2.45) is 11.8 Å². The second-order valence-electron chi connectivity index (χ2n) is 4.63. The summed E-state index contributed by atoms with van der Waals surface area (Å²) in [6, 6.07) is 12.6. The summed E-state index contributed by atoms with van der Waals surface area (Å²) in [5, 5.41) is 20.5. The molecular weight excluding hydrogens is 242 g/mol. The first kappa shape index (κ1) is 12.8. The fourth-order valence-electron chi connectivity index (χ4n) is 2.49. The number of hydrogen-bond acceptors (Lipinski definition) is 4. The third-order valence-electron chi connectivity index (χ3n) is 3.62. The van der Waals surface area contributed by atoms with Crippen LogP contribution in [0.1, 0.15) is 12.5 Å². The van der Waals surface area contributed by atoms with E-state index >= 15 is 0 Å². The van der Waals surface area contributed by atoms with Crippen LogP contribution in [0, 0.1) is 34.5 Å². The zero-order valence-electron chi connectivity index (χ0n) is 10.3. The molecule has 19 heavy (non-hydrogen) atoms. The molecule has 1 aliphatic heterocycles. The molecule has 1 aromatic rings. The summed E-state index contributed by atoms with van der Waals surface area (Å²) in [5.41, 5.74) is -0.499. The lowest BCUT2D eigenvalue weighted by Crippen LogP contribution is -2.58. The number of amides is 2. The Kier molecular flexibility index (Phi) is 3.06. The smallest absolute Gasteiger partial charge is 0.244 e. The number of imide groups is 1. The maximum atomic E-state index is 11.8. The number of hydrogen-bond donors (Lipinski definition) is 1. The largest absolute Gasteiger partial charge is 0.294 e. The fraction of sp³-hybridized carbons (Fsp3) is 0.286. The van der Waals surface area contributed by atoms with E-state index in [4.69, 9.17) is 0 Å². The monoisotopic (exact) mass is 253 g/mol. The first-order valence-electron chi connectivity index (χ1n) is 5.75. The predicted octanol–water partition coefficient (Wildman–Crippen LogP) is 0.880. The molecule has 1 aromatic carbocycles. The van der Waals surface area contributed by atoms with Crippen molar-refractivity contribution >= 4 is 11.8 Å². The molecule has 0 unspecified atom stereocenters. The van der Waals surface area contributed by atoms with Crippen molar-refractivity contribution in [3.63, 3.8) is 0 Å². The van der Waals surface area contributed by atoms with Gasteiger partial charge in [-0.1, -0.05) is 37.3 Å². The van der Waals surface area contributed by atoms with Crippen LogP contribution in [0.3, 0.4) is 0 Å². The standard InChI is InChI=1S/C14H11N3O2/c1-14(9-5-3-2-4-6-9)10(7-15)12(18)17-13(19)11(14)8-16/h2-6,10-11H,1H3,(H,17,18,19)/t10-,11-/m1/s1. The van der Waals surface area contributed by atoms with E-state index in [1.807, 2.05) is 12.1 Å². The average Bonchev–Trinajstić information content (AvgIpc) is 2.40. The highest BCUT2D eigenvalue weighted by Gasteiger charge is 2.54. The van der Waals surface area contributed by atoms with Crippen LogP contribution in [0.4, 0.5) is 0 Å². The highest BCUT2D eigenvalue weighted by molar-refractivity contribution is 6.04. The van der Waals surface area contributed by atoms with Gasteiger partial charge in [-0.2, -0.15) is 10.5 Å². The van der Waals surface area contributed by atoms with Gasteiger partial charge in [0.05, 0.1) is 12.1 Å². The molecule has 5 nitrogen and oxygen atoms in total. The fourth-order valence-corrected chi connectivity index (χ4v) is 2.49. The summed E-state index contributed by atoms with van der Waals surface area (Å²) in [6.07, 6.45) is 0. The summed E-state index contributed by atoms with van der Waals surface area (Å²) in [7, 11) is 0. The Bertz CT molecular complexity index is 578. The third-order valence-corrected chi connectivity index (χ3v) is 3.62. The van der Waals surface area contributed by atoms with Crippen LogP contribution in [0.15, 0.2) is 30.3 Å². The van der Waals surface area contributed by atoms with Gasteiger partial charge in [-0.25, -0.2) is 0 Å². The minimum Gasteiger partial charge on any atom is -0.294 e. The lowest BCUT2D eigenvalue weighted by atomic mass is 9.62. The van der Waals surface area contributed by atoms with Crippen molar-refractivity contribution in [3.05, 3.63) is 35.9 Å². The number of benzene rings is 1. The van der Waals surface area contributed by atoms with Gasteiger partial charge in [0.25, 0.3) is 0 Å². The first-order chi connectivity index (χ1) is 9.05. The van der Waals surface area contributed by atoms with Crippen molar-refractivity contribution in [2.75, 3.05) is 0 Å². The minimum atomic E-state index is -1.13. The molecular formula is C14H11N3O2. The normalized spacial score (nSPS) is 25.0. The Hall–Kier alpha value is -2.66. The summed E-state index contributed by atoms with van der Waals surface area (Å²) in [6.45, 7) is 1.61. The van der Waals surface area contributed by atoms with Crippen LogP contribution in [-0.2, 0) is 15.0 Å². The minimum absolute atomic E-state index is 0.635. The van der Waals surface area contributed by atoms with Crippen molar-refractivity contribution in [2.45, 2.75) is 12.3 Å². The second kappa shape index (κ2) is 4.55. The highest BCUT2D eigenvalue weighted by Crippen LogP contribution is 2.41. The van der Waals surface area contributed by atoms with E-state index in [1.54, 1.807) is 37.3 Å². The zero-order valence-corrected chi connectivity index (χ0v) is 10.3. The average molecular weight is 253 g/mol. The number of nitrogens with zero attached hydrogens (tertiary/aromatic N) is 2. The summed E-state index contributed by atoms with van der Waals surface area (Å²) in [5.74, 6) is -3.44. The Balaban J connectivity index is 2.65. The van der Waals surface area contributed by atoms with Gasteiger partial charge in [0.1, 0.15) is 11.8 Å². The Morgan fingerprint density at radius 1 is 1.05 bits per heavy atom. The van der Waals surface area contributed by atoms with Gasteiger partial charge >= 0.3 is 0 Å². The van der Waals surface area contributed by atoms with Gasteiger partial charge in [0, 0.05) is 5.41 Å². The molecule has 0 aromatic heterocycles. The highest BCUT2D eigenvalue weighted by atomic mass is 16.2. The van der Waals surface area contributed by atoms with Crippen LogP contribution < -0.4 is 5.32 Å². The van der Waals surface area contributed by atoms with E-state index in [-0.39, 0.29) is 0 Å². The molecule has 0 bridgehead atoms. The lowest BCUT2D eigenvalue weighted by Gasteiger charge is -2.39. The topological polar surface area (TPSA) is 93.8 Å². The lowest BCUT2D eigenvalue weighted by molar-refractivity contribution is -0.140. The number of carbonyl (C=O) groups excluding carboxylic acids is 2. The van der Waals surface area contributed by atoms with Gasteiger partial charge in [-0.3, -0.25) is 14.9 Å². The van der Waals surface area contributed by atoms with Crippen LogP contribution in [0.5, 0.6) is 0 Å². The van der Waals surface area contributed by atoms with Gasteiger partial charge < -0.3 is 0 Å². The van der Waals surface area contributed by atoms with Gasteiger partial charge in [-0.05, 0) is 5.56 Å². The molecule has 0 aliphatic carbocycles. The molecule has 1 fully saturated rings. The second-order valence-corrected chi connectivity index (χ2v) is 4.63. The van der Waals surface area contributed by atoms with Crippen LogP contribution in [0.25, 0.3) is 0 Å². The summed E-state index contributed by atoms with van der Waals surface area (Å²) < 4.78 is 0. The van der Waals surface area contributed by atoms with Crippen LogP contribution >= 0.6 is 0 Å². The van der Waals surface area contributed by atoms with E-state index in [9.17, 15) is 20.1 Å². The molecule has 0 spiro atoms. The predicted molar refractivity (Wildman–Crippen MR) is 65.1 cm³/mol. The van der Waals surface area contributed by atoms with Crippen molar-refractivity contribution in [1.82, 2.24) is 5.32 Å². The zero-order chi connectivity index (χ0) is 14.0. The molecule has 1 saturated heterocycles. The summed E-state index contributed by atoms with van der Waals surface area (Å²) in [4.78, 5) is 23.6. The first-order valence-corrected chi connectivity index (χ1v) is 5.75. The third kappa shape index (κ3) is 1.76. The van der Waals surface area contributed by atoms with Gasteiger partial charge in [0.15, 0.2) is 0 Å². The molecule has 0 saturated carbocycles. The molecule has 2 rings (SSSR count). The van der Waals surface area contributed by atoms with Gasteiger partial charge in [0.2, 0.25) is 11.8 Å². The van der Waals surface area contributed by atoms with Crippen LogP contribution in [-0.4, -0.2) is 11.8 Å². The maximum Gasteiger partial charge on any atom is 0.244 e. The van der Waals surface area contributed by atoms with Gasteiger partial charge in [-0.15, -0.1) is 0 Å². The number of nitrogens with one attached hydrogen (secondary N) is 1. The molecule has 1 N–H and O–H groups in total. The Morgan fingerprint density at radius 3 is 1.95 bits per heavy atom. The summed E-state index contributed by atoms with van der Waals surface area (Å²) >= 11 is 0. The van der Waals surface area contributed by atoms with Crippen molar-refractivity contribution in [1.29, 1.82) is 10.5 Å². The molecule has 2 amide bonds. The Morgan fingerprint density at radius 2 is 1.53 bits per heavy atom. The maximum absolute atomic E-state index is 11.8. The van der Waals surface area contributed by atoms with Crippen molar-refractivity contribution < 1.29 is 9.59 Å². The number of nitriles is 2. The molecule has 0 radical (unpaired) electrons. The van der Waals surface area contributed by atoms with E-state index in [0.717, 1.165) is 0 Å². The molecule has 1 heterocycles. The van der Waals surface area contributed by atoms with E-state index in [2.05, 4.69) is 5.32 Å². The molecule has 5 heteroatoms. The van der Waals surface area contributed by atoms with Crippen LogP contribution in [0.2, 0.25) is 0 Å². The molecule has 94 valence electrons. The quantitative estimate of drug-likeness (QED) is 0.752. The molecule has 1 aliphatic rings. The number of carbonyl (C=O) groups is 2. The van der Waals surface area contributed by atoms with Crippen molar-refractivity contribution in [3.8, 4) is 12.1 Å². The van der Waals surface area contributed by atoms with E-state index in [1.165, 1.54) is 0 Å².